The number of nitrogens with one attached hydrogen (secondary N) is 1. The minimum Gasteiger partial charge on any atom is -0.494 e. The van der Waals surface area contributed by atoms with E-state index in [9.17, 15) is 13.2 Å². The van der Waals surface area contributed by atoms with Gasteiger partial charge in [0.05, 0.1) is 11.5 Å². The molecule has 7 heteroatoms. The lowest BCUT2D eigenvalue weighted by atomic mass is 10.1. The fourth-order valence-corrected chi connectivity index (χ4v) is 3.60. The SMILES string of the molecule is Cc1ccc(OCCCC(=O)Nc2cc(S(=O)(=O)N(C)C)cc(C)c2C)cc1. The van der Waals surface area contributed by atoms with Crippen LogP contribution in [0.4, 0.5) is 5.69 Å². The van der Waals surface area contributed by atoms with Crippen LogP contribution < -0.4 is 10.1 Å². The Morgan fingerprint density at radius 3 is 2.32 bits per heavy atom. The molecule has 0 saturated heterocycles. The normalized spacial score (nSPS) is 11.5. The number of benzene rings is 2. The second-order valence-corrected chi connectivity index (χ2v) is 9.17. The van der Waals surface area contributed by atoms with Crippen molar-refractivity contribution in [2.45, 2.75) is 38.5 Å². The van der Waals surface area contributed by atoms with Crippen LogP contribution in [0.1, 0.15) is 29.5 Å². The molecule has 2 aromatic rings. The van der Waals surface area contributed by atoms with Gasteiger partial charge in [0, 0.05) is 26.2 Å². The van der Waals surface area contributed by atoms with E-state index in [1.165, 1.54) is 20.2 Å². The van der Waals surface area contributed by atoms with E-state index in [4.69, 9.17) is 4.74 Å². The fraction of sp³-hybridized carbons (Fsp3) is 0.381. The molecule has 2 aromatic carbocycles. The van der Waals surface area contributed by atoms with Crippen LogP contribution in [0.5, 0.6) is 5.75 Å². The van der Waals surface area contributed by atoms with Crippen LogP contribution in [0, 0.1) is 20.8 Å². The molecule has 0 radical (unpaired) electrons. The number of carbonyl (C=O) groups excluding carboxylic acids is 1. The van der Waals surface area contributed by atoms with Crippen LogP contribution in [0.15, 0.2) is 41.3 Å². The van der Waals surface area contributed by atoms with Gasteiger partial charge >= 0.3 is 0 Å². The third-order valence-corrected chi connectivity index (χ3v) is 6.32. The molecule has 1 amide bonds. The third-order valence-electron chi connectivity index (χ3n) is 4.53. The topological polar surface area (TPSA) is 75.7 Å². The molecule has 0 unspecified atom stereocenters. The first kappa shape index (κ1) is 21.9. The van der Waals surface area contributed by atoms with Gasteiger partial charge in [-0.25, -0.2) is 12.7 Å². The number of amides is 1. The van der Waals surface area contributed by atoms with Crippen LogP contribution in [-0.4, -0.2) is 39.3 Å². The number of hydrogen-bond donors (Lipinski definition) is 1. The number of rotatable bonds is 8. The maximum absolute atomic E-state index is 12.4. The first-order valence-corrected chi connectivity index (χ1v) is 10.6. The Hall–Kier alpha value is -2.38. The van der Waals surface area contributed by atoms with Gasteiger partial charge in [-0.1, -0.05) is 17.7 Å². The Labute approximate surface area is 167 Å². The maximum Gasteiger partial charge on any atom is 0.242 e. The lowest BCUT2D eigenvalue weighted by Crippen LogP contribution is -2.23. The van der Waals surface area contributed by atoms with Crippen LogP contribution in [0.2, 0.25) is 0 Å². The molecular formula is C21H28N2O4S. The molecule has 0 aliphatic rings. The predicted octanol–water partition coefficient (Wildman–Crippen LogP) is 3.66. The minimum absolute atomic E-state index is 0.165. The van der Waals surface area contributed by atoms with Gasteiger partial charge in [-0.15, -0.1) is 0 Å². The summed E-state index contributed by atoms with van der Waals surface area (Å²) in [5, 5.41) is 2.83. The molecule has 0 spiro atoms. The second kappa shape index (κ2) is 9.21. The molecule has 0 atom stereocenters. The number of nitrogens with zero attached hydrogens (tertiary/aromatic N) is 1. The molecule has 0 fully saturated rings. The molecule has 152 valence electrons. The zero-order chi connectivity index (χ0) is 20.9. The van der Waals surface area contributed by atoms with Crippen molar-refractivity contribution in [2.75, 3.05) is 26.0 Å². The van der Waals surface area contributed by atoms with E-state index < -0.39 is 10.0 Å². The molecule has 0 aliphatic carbocycles. The first-order chi connectivity index (χ1) is 13.1. The van der Waals surface area contributed by atoms with Gasteiger partial charge in [0.25, 0.3) is 0 Å². The molecule has 0 aliphatic heterocycles. The Bertz CT molecular complexity index is 936. The number of aryl methyl sites for hydroxylation is 2. The smallest absolute Gasteiger partial charge is 0.242 e. The number of sulfonamides is 1. The number of anilines is 1. The largest absolute Gasteiger partial charge is 0.494 e. The lowest BCUT2D eigenvalue weighted by molar-refractivity contribution is -0.116. The lowest BCUT2D eigenvalue weighted by Gasteiger charge is -2.16. The van der Waals surface area contributed by atoms with Crippen molar-refractivity contribution in [3.05, 3.63) is 53.1 Å². The summed E-state index contributed by atoms with van der Waals surface area (Å²) < 4.78 is 31.6. The van der Waals surface area contributed by atoms with Gasteiger partial charge in [-0.05, 0) is 62.6 Å². The first-order valence-electron chi connectivity index (χ1n) is 9.14. The van der Waals surface area contributed by atoms with Gasteiger partial charge in [0.1, 0.15) is 5.75 Å². The molecule has 0 saturated carbocycles. The highest BCUT2D eigenvalue weighted by Gasteiger charge is 2.20. The highest BCUT2D eigenvalue weighted by Crippen LogP contribution is 2.25. The average molecular weight is 405 g/mol. The summed E-state index contributed by atoms with van der Waals surface area (Å²) >= 11 is 0. The van der Waals surface area contributed by atoms with Crippen LogP contribution in [0.3, 0.4) is 0 Å². The molecule has 0 heterocycles. The molecular weight excluding hydrogens is 376 g/mol. The van der Waals surface area contributed by atoms with Gasteiger partial charge in [-0.2, -0.15) is 0 Å². The zero-order valence-corrected chi connectivity index (χ0v) is 17.9. The summed E-state index contributed by atoms with van der Waals surface area (Å²) in [7, 11) is -0.601. The second-order valence-electron chi connectivity index (χ2n) is 7.01. The van der Waals surface area contributed by atoms with Gasteiger partial charge in [-0.3, -0.25) is 4.79 Å². The molecule has 28 heavy (non-hydrogen) atoms. The van der Waals surface area contributed by atoms with E-state index in [0.29, 0.717) is 18.7 Å². The average Bonchev–Trinajstić information content (AvgIpc) is 2.63. The summed E-state index contributed by atoms with van der Waals surface area (Å²) in [6, 6.07) is 10.9. The standard InChI is InChI=1S/C21H28N2O4S/c1-15-8-10-18(11-9-15)27-12-6-7-21(24)22-20-14-19(13-16(2)17(20)3)28(25,26)23(4)5/h8-11,13-14H,6-7,12H2,1-5H3,(H,22,24). The maximum atomic E-state index is 12.4. The van der Waals surface area contributed by atoms with Crippen molar-refractivity contribution in [1.29, 1.82) is 0 Å². The Kier molecular flexibility index (Phi) is 7.21. The Morgan fingerprint density at radius 2 is 1.71 bits per heavy atom. The summed E-state index contributed by atoms with van der Waals surface area (Å²) in [4.78, 5) is 12.5. The fourth-order valence-electron chi connectivity index (χ4n) is 2.59. The molecule has 2 rings (SSSR count). The monoisotopic (exact) mass is 404 g/mol. The van der Waals surface area contributed by atoms with Crippen molar-refractivity contribution in [3.63, 3.8) is 0 Å². The molecule has 6 nitrogen and oxygen atoms in total. The van der Waals surface area contributed by atoms with Gasteiger partial charge in [0.15, 0.2) is 0 Å². The zero-order valence-electron chi connectivity index (χ0n) is 17.1. The molecule has 0 aromatic heterocycles. The van der Waals surface area contributed by atoms with E-state index in [0.717, 1.165) is 26.7 Å². The van der Waals surface area contributed by atoms with E-state index in [-0.39, 0.29) is 17.2 Å². The minimum atomic E-state index is -3.57. The summed E-state index contributed by atoms with van der Waals surface area (Å²) in [6.45, 7) is 6.13. The Balaban J connectivity index is 1.97. The Morgan fingerprint density at radius 1 is 1.07 bits per heavy atom. The van der Waals surface area contributed by atoms with Crippen molar-refractivity contribution >= 4 is 21.6 Å². The highest BCUT2D eigenvalue weighted by molar-refractivity contribution is 7.89. The van der Waals surface area contributed by atoms with Gasteiger partial charge < -0.3 is 10.1 Å². The quantitative estimate of drug-likeness (QED) is 0.681. The van der Waals surface area contributed by atoms with E-state index in [1.54, 1.807) is 6.07 Å². The highest BCUT2D eigenvalue weighted by atomic mass is 32.2. The van der Waals surface area contributed by atoms with E-state index in [1.807, 2.05) is 45.0 Å². The van der Waals surface area contributed by atoms with Crippen molar-refractivity contribution < 1.29 is 17.9 Å². The number of carbonyl (C=O) groups is 1. The van der Waals surface area contributed by atoms with Crippen molar-refractivity contribution in [3.8, 4) is 5.75 Å². The van der Waals surface area contributed by atoms with Crippen LogP contribution in [-0.2, 0) is 14.8 Å². The summed E-state index contributed by atoms with van der Waals surface area (Å²) in [6.07, 6.45) is 0.850. The van der Waals surface area contributed by atoms with Crippen LogP contribution in [0.25, 0.3) is 0 Å². The van der Waals surface area contributed by atoms with E-state index in [2.05, 4.69) is 5.32 Å². The van der Waals surface area contributed by atoms with Crippen molar-refractivity contribution in [2.24, 2.45) is 0 Å². The van der Waals surface area contributed by atoms with Gasteiger partial charge in [0.2, 0.25) is 15.9 Å². The third kappa shape index (κ3) is 5.56. The van der Waals surface area contributed by atoms with Crippen LogP contribution >= 0.6 is 0 Å². The number of ether oxygens (including phenoxy) is 1. The molecule has 0 bridgehead atoms. The van der Waals surface area contributed by atoms with E-state index >= 15 is 0 Å². The molecule has 1 N–H and O–H groups in total. The summed E-state index contributed by atoms with van der Waals surface area (Å²) in [5.74, 6) is 0.605. The van der Waals surface area contributed by atoms with Crippen molar-refractivity contribution in [1.82, 2.24) is 4.31 Å². The predicted molar refractivity (Wildman–Crippen MR) is 111 cm³/mol. The summed E-state index contributed by atoms with van der Waals surface area (Å²) in [5.41, 5.74) is 3.34. The number of hydrogen-bond acceptors (Lipinski definition) is 4.